The van der Waals surface area contributed by atoms with Gasteiger partial charge in [-0.25, -0.2) is 4.98 Å². The quantitative estimate of drug-likeness (QED) is 0.799. The monoisotopic (exact) mass is 386 g/mol. The lowest BCUT2D eigenvalue weighted by molar-refractivity contribution is 0.122. The topological polar surface area (TPSA) is 57.6 Å². The maximum atomic E-state index is 5.41. The first kappa shape index (κ1) is 17.2. The molecule has 3 aliphatic rings. The van der Waals surface area contributed by atoms with Crippen LogP contribution in [-0.4, -0.2) is 67.7 Å². The van der Waals surface area contributed by atoms with Gasteiger partial charge in [0.05, 0.1) is 18.9 Å². The van der Waals surface area contributed by atoms with E-state index in [-0.39, 0.29) is 0 Å². The molecule has 7 nitrogen and oxygen atoms in total. The third kappa shape index (κ3) is 3.60. The number of fused-ring (bicyclic) bond motifs is 1. The SMILES string of the molecule is c1cc(N2CCN(c3nc4c(s3)CCCC4)CC2)nnc1N1CCOCC1. The molecule has 2 aromatic rings. The molecule has 27 heavy (non-hydrogen) atoms. The summed E-state index contributed by atoms with van der Waals surface area (Å²) in [4.78, 5) is 13.4. The van der Waals surface area contributed by atoms with Crippen LogP contribution in [-0.2, 0) is 17.6 Å². The smallest absolute Gasteiger partial charge is 0.185 e. The van der Waals surface area contributed by atoms with E-state index in [0.717, 1.165) is 70.5 Å². The van der Waals surface area contributed by atoms with Crippen LogP contribution >= 0.6 is 11.3 Å². The van der Waals surface area contributed by atoms with Crippen molar-refractivity contribution in [1.29, 1.82) is 0 Å². The van der Waals surface area contributed by atoms with Gasteiger partial charge in [0, 0.05) is 44.1 Å². The molecule has 0 unspecified atom stereocenters. The lowest BCUT2D eigenvalue weighted by Crippen LogP contribution is -2.47. The summed E-state index contributed by atoms with van der Waals surface area (Å²) in [5.74, 6) is 1.93. The Balaban J connectivity index is 1.20. The van der Waals surface area contributed by atoms with Crippen LogP contribution in [0.4, 0.5) is 16.8 Å². The minimum Gasteiger partial charge on any atom is -0.378 e. The standard InChI is InChI=1S/C19H26N6OS/c1-2-4-16-15(3-1)20-19(27-16)25-9-7-23(8-10-25)17-5-6-18(22-21-17)24-11-13-26-14-12-24/h5-6H,1-4,7-14H2. The van der Waals surface area contributed by atoms with Gasteiger partial charge in [-0.1, -0.05) is 0 Å². The molecule has 0 aromatic carbocycles. The average molecular weight is 387 g/mol. The number of aryl methyl sites for hydroxylation is 2. The summed E-state index contributed by atoms with van der Waals surface area (Å²) in [5, 5.41) is 10.2. The number of morpholine rings is 1. The first-order chi connectivity index (χ1) is 13.4. The molecule has 2 fully saturated rings. The Kier molecular flexibility index (Phi) is 4.83. The largest absolute Gasteiger partial charge is 0.378 e. The van der Waals surface area contributed by atoms with Gasteiger partial charge in [-0.3, -0.25) is 0 Å². The Morgan fingerprint density at radius 3 is 2.07 bits per heavy atom. The normalized spacial score (nSPS) is 20.7. The van der Waals surface area contributed by atoms with Gasteiger partial charge >= 0.3 is 0 Å². The fourth-order valence-corrected chi connectivity index (χ4v) is 5.25. The molecule has 0 amide bonds. The Morgan fingerprint density at radius 2 is 1.41 bits per heavy atom. The molecule has 0 atom stereocenters. The molecule has 0 N–H and O–H groups in total. The van der Waals surface area contributed by atoms with Crippen LogP contribution in [0.2, 0.25) is 0 Å². The second kappa shape index (κ2) is 7.59. The fourth-order valence-electron chi connectivity index (χ4n) is 4.05. The molecular weight excluding hydrogens is 360 g/mol. The lowest BCUT2D eigenvalue weighted by Gasteiger charge is -2.35. The highest BCUT2D eigenvalue weighted by Gasteiger charge is 2.23. The fraction of sp³-hybridized carbons (Fsp3) is 0.632. The molecule has 2 aliphatic heterocycles. The van der Waals surface area contributed by atoms with E-state index in [2.05, 4.69) is 37.0 Å². The third-order valence-corrected chi connectivity index (χ3v) is 6.90. The second-order valence-corrected chi connectivity index (χ2v) is 8.46. The van der Waals surface area contributed by atoms with E-state index in [4.69, 9.17) is 9.72 Å². The van der Waals surface area contributed by atoms with Gasteiger partial charge in [0.25, 0.3) is 0 Å². The minimum absolute atomic E-state index is 0.769. The van der Waals surface area contributed by atoms with Crippen molar-refractivity contribution in [3.8, 4) is 0 Å². The Labute approximate surface area is 164 Å². The zero-order chi connectivity index (χ0) is 18.1. The van der Waals surface area contributed by atoms with Gasteiger partial charge in [0.2, 0.25) is 0 Å². The number of ether oxygens (including phenoxy) is 1. The van der Waals surface area contributed by atoms with Crippen LogP contribution in [0, 0.1) is 0 Å². The van der Waals surface area contributed by atoms with Crippen LogP contribution in [0.15, 0.2) is 12.1 Å². The minimum atomic E-state index is 0.769. The number of anilines is 3. The Morgan fingerprint density at radius 1 is 0.778 bits per heavy atom. The average Bonchev–Trinajstić information content (AvgIpc) is 3.19. The molecule has 4 heterocycles. The van der Waals surface area contributed by atoms with Crippen LogP contribution in [0.1, 0.15) is 23.4 Å². The first-order valence-corrected chi connectivity index (χ1v) is 10.8. The molecule has 0 spiro atoms. The number of rotatable bonds is 3. The van der Waals surface area contributed by atoms with Crippen molar-refractivity contribution in [3.63, 3.8) is 0 Å². The molecule has 0 saturated carbocycles. The summed E-state index contributed by atoms with van der Waals surface area (Å²) in [6.45, 7) is 7.26. The zero-order valence-corrected chi connectivity index (χ0v) is 16.5. The van der Waals surface area contributed by atoms with Crippen molar-refractivity contribution in [2.24, 2.45) is 0 Å². The third-order valence-electron chi connectivity index (χ3n) is 5.68. The molecule has 2 saturated heterocycles. The number of hydrogen-bond donors (Lipinski definition) is 0. The highest BCUT2D eigenvalue weighted by atomic mass is 32.1. The van der Waals surface area contributed by atoms with Crippen LogP contribution in [0.25, 0.3) is 0 Å². The van der Waals surface area contributed by atoms with Crippen molar-refractivity contribution in [1.82, 2.24) is 15.2 Å². The van der Waals surface area contributed by atoms with E-state index in [1.165, 1.54) is 35.0 Å². The highest BCUT2D eigenvalue weighted by Crippen LogP contribution is 2.32. The van der Waals surface area contributed by atoms with Crippen LogP contribution < -0.4 is 14.7 Å². The van der Waals surface area contributed by atoms with Crippen molar-refractivity contribution in [2.45, 2.75) is 25.7 Å². The lowest BCUT2D eigenvalue weighted by atomic mass is 10.0. The van der Waals surface area contributed by atoms with Gasteiger partial charge in [-0.05, 0) is 37.8 Å². The van der Waals surface area contributed by atoms with Gasteiger partial charge < -0.3 is 19.4 Å². The van der Waals surface area contributed by atoms with E-state index in [9.17, 15) is 0 Å². The maximum Gasteiger partial charge on any atom is 0.185 e. The first-order valence-electron chi connectivity index (χ1n) is 10.0. The molecule has 144 valence electrons. The Hall–Kier alpha value is -1.93. The van der Waals surface area contributed by atoms with Crippen molar-refractivity contribution < 1.29 is 4.74 Å². The van der Waals surface area contributed by atoms with Gasteiger partial charge in [-0.2, -0.15) is 0 Å². The van der Waals surface area contributed by atoms with Crippen LogP contribution in [0.3, 0.4) is 0 Å². The number of nitrogens with zero attached hydrogens (tertiary/aromatic N) is 6. The number of hydrogen-bond acceptors (Lipinski definition) is 8. The molecule has 8 heteroatoms. The number of aromatic nitrogens is 3. The summed E-state index contributed by atoms with van der Waals surface area (Å²) in [6, 6.07) is 4.20. The predicted octanol–water partition coefficient (Wildman–Crippen LogP) is 1.98. The number of thiazole rings is 1. The Bertz CT molecular complexity index is 742. The van der Waals surface area contributed by atoms with Gasteiger partial charge in [0.15, 0.2) is 16.8 Å². The summed E-state index contributed by atoms with van der Waals surface area (Å²) < 4.78 is 5.41. The van der Waals surface area contributed by atoms with Gasteiger partial charge in [0.1, 0.15) is 0 Å². The van der Waals surface area contributed by atoms with E-state index >= 15 is 0 Å². The molecule has 1 aliphatic carbocycles. The van der Waals surface area contributed by atoms with E-state index in [0.29, 0.717) is 0 Å². The predicted molar refractivity (Wildman–Crippen MR) is 108 cm³/mol. The van der Waals surface area contributed by atoms with E-state index in [1.54, 1.807) is 0 Å². The van der Waals surface area contributed by atoms with Crippen molar-refractivity contribution in [3.05, 3.63) is 22.7 Å². The van der Waals surface area contributed by atoms with Gasteiger partial charge in [-0.15, -0.1) is 21.5 Å². The number of piperazine rings is 1. The molecule has 0 radical (unpaired) electrons. The molecule has 5 rings (SSSR count). The van der Waals surface area contributed by atoms with Crippen molar-refractivity contribution >= 4 is 28.1 Å². The van der Waals surface area contributed by atoms with E-state index in [1.807, 2.05) is 11.3 Å². The summed E-state index contributed by atoms with van der Waals surface area (Å²) in [7, 11) is 0. The summed E-state index contributed by atoms with van der Waals surface area (Å²) in [6.07, 6.45) is 5.00. The second-order valence-electron chi connectivity index (χ2n) is 7.40. The van der Waals surface area contributed by atoms with E-state index < -0.39 is 0 Å². The highest BCUT2D eigenvalue weighted by molar-refractivity contribution is 7.15. The van der Waals surface area contributed by atoms with Crippen molar-refractivity contribution in [2.75, 3.05) is 67.2 Å². The van der Waals surface area contributed by atoms with Crippen LogP contribution in [0.5, 0.6) is 0 Å². The molecular formula is C19H26N6OS. The maximum absolute atomic E-state index is 5.41. The summed E-state index contributed by atoms with van der Waals surface area (Å²) >= 11 is 1.91. The zero-order valence-electron chi connectivity index (χ0n) is 15.6. The summed E-state index contributed by atoms with van der Waals surface area (Å²) in [5.41, 5.74) is 1.35. The molecule has 0 bridgehead atoms. The molecule has 2 aromatic heterocycles.